The van der Waals surface area contributed by atoms with Gasteiger partial charge in [0, 0.05) is 32.0 Å². The zero-order valence-electron chi connectivity index (χ0n) is 15.8. The number of aryl methyl sites for hydroxylation is 1. The van der Waals surface area contributed by atoms with Crippen molar-refractivity contribution in [3.63, 3.8) is 0 Å². The maximum Gasteiger partial charge on any atom is 0.191 e. The van der Waals surface area contributed by atoms with E-state index >= 15 is 0 Å². The molecule has 0 bridgehead atoms. The van der Waals surface area contributed by atoms with Gasteiger partial charge in [0.2, 0.25) is 0 Å². The number of hydrogen-bond donors (Lipinski definition) is 2. The standard InChI is InChI=1S/C20H28N4O.HI/c1-4-22-20(23-12-9-17-6-5-11-21-15-17)24-13-10-18-14-16(2)7-8-19(18)25-3;/h5-8,11,14-15H,4,9-10,12-13H2,1-3H3,(H2,22,23,24);1H. The van der Waals surface area contributed by atoms with Crippen LogP contribution in [0, 0.1) is 6.92 Å². The number of hydrogen-bond acceptors (Lipinski definition) is 3. The van der Waals surface area contributed by atoms with Crippen molar-refractivity contribution in [1.29, 1.82) is 0 Å². The molecule has 0 radical (unpaired) electrons. The van der Waals surface area contributed by atoms with E-state index in [9.17, 15) is 0 Å². The molecule has 0 atom stereocenters. The third kappa shape index (κ3) is 7.59. The third-order valence-corrected chi connectivity index (χ3v) is 3.86. The van der Waals surface area contributed by atoms with Crippen molar-refractivity contribution in [2.24, 2.45) is 4.99 Å². The first-order valence-corrected chi connectivity index (χ1v) is 8.77. The van der Waals surface area contributed by atoms with Crippen LogP contribution in [0.4, 0.5) is 0 Å². The van der Waals surface area contributed by atoms with Gasteiger partial charge in [-0.1, -0.05) is 23.8 Å². The van der Waals surface area contributed by atoms with Gasteiger partial charge in [0.1, 0.15) is 5.75 Å². The van der Waals surface area contributed by atoms with E-state index in [1.807, 2.05) is 18.3 Å². The van der Waals surface area contributed by atoms with Crippen LogP contribution in [-0.2, 0) is 12.8 Å². The fourth-order valence-corrected chi connectivity index (χ4v) is 2.60. The average Bonchev–Trinajstić information content (AvgIpc) is 2.63. The Morgan fingerprint density at radius 3 is 2.73 bits per heavy atom. The Kier molecular flexibility index (Phi) is 10.7. The summed E-state index contributed by atoms with van der Waals surface area (Å²) in [6.07, 6.45) is 5.46. The second kappa shape index (κ2) is 12.5. The van der Waals surface area contributed by atoms with Crippen molar-refractivity contribution in [3.8, 4) is 5.75 Å². The topological polar surface area (TPSA) is 58.5 Å². The number of aliphatic imine (C=N–C) groups is 1. The van der Waals surface area contributed by atoms with Crippen LogP contribution in [0.25, 0.3) is 0 Å². The molecule has 2 N–H and O–H groups in total. The Balaban J connectivity index is 0.00000338. The van der Waals surface area contributed by atoms with Crippen molar-refractivity contribution < 1.29 is 4.74 Å². The molecule has 0 saturated carbocycles. The van der Waals surface area contributed by atoms with Crippen molar-refractivity contribution in [2.45, 2.75) is 26.7 Å². The molecule has 6 heteroatoms. The van der Waals surface area contributed by atoms with E-state index < -0.39 is 0 Å². The van der Waals surface area contributed by atoms with E-state index in [-0.39, 0.29) is 24.0 Å². The molecule has 0 aliphatic heterocycles. The highest BCUT2D eigenvalue weighted by Gasteiger charge is 2.03. The molecule has 0 amide bonds. The van der Waals surface area contributed by atoms with Crippen LogP contribution < -0.4 is 15.4 Å². The lowest BCUT2D eigenvalue weighted by Gasteiger charge is -2.12. The Bertz CT molecular complexity index is 677. The number of pyridine rings is 1. The second-order valence-electron chi connectivity index (χ2n) is 5.86. The summed E-state index contributed by atoms with van der Waals surface area (Å²) in [5, 5.41) is 6.66. The molecule has 0 saturated heterocycles. The van der Waals surface area contributed by atoms with E-state index in [4.69, 9.17) is 4.74 Å². The normalized spacial score (nSPS) is 10.8. The fraction of sp³-hybridized carbons (Fsp3) is 0.400. The zero-order chi connectivity index (χ0) is 17.9. The maximum absolute atomic E-state index is 5.43. The van der Waals surface area contributed by atoms with E-state index in [2.05, 4.69) is 52.7 Å². The molecule has 2 rings (SSSR count). The summed E-state index contributed by atoms with van der Waals surface area (Å²) in [7, 11) is 1.71. The van der Waals surface area contributed by atoms with Crippen LogP contribution in [0.3, 0.4) is 0 Å². The van der Waals surface area contributed by atoms with E-state index in [1.54, 1.807) is 13.3 Å². The number of methoxy groups -OCH3 is 1. The second-order valence-corrected chi connectivity index (χ2v) is 5.86. The molecule has 1 aromatic carbocycles. The Hall–Kier alpha value is -1.83. The van der Waals surface area contributed by atoms with Crippen LogP contribution in [0.1, 0.15) is 23.6 Å². The van der Waals surface area contributed by atoms with Gasteiger partial charge in [0.25, 0.3) is 0 Å². The Morgan fingerprint density at radius 1 is 1.19 bits per heavy atom. The summed E-state index contributed by atoms with van der Waals surface area (Å²) < 4.78 is 5.43. The number of ether oxygens (including phenoxy) is 1. The lowest BCUT2D eigenvalue weighted by molar-refractivity contribution is 0.409. The van der Waals surface area contributed by atoms with Crippen LogP contribution in [0.5, 0.6) is 5.75 Å². The summed E-state index contributed by atoms with van der Waals surface area (Å²) in [5.74, 6) is 1.77. The zero-order valence-corrected chi connectivity index (χ0v) is 18.1. The van der Waals surface area contributed by atoms with Gasteiger partial charge in [-0.15, -0.1) is 24.0 Å². The van der Waals surface area contributed by atoms with Gasteiger partial charge in [-0.3, -0.25) is 9.98 Å². The molecule has 2 aromatic rings. The molecule has 142 valence electrons. The van der Waals surface area contributed by atoms with E-state index in [1.165, 1.54) is 16.7 Å². The highest BCUT2D eigenvalue weighted by atomic mass is 127. The van der Waals surface area contributed by atoms with Crippen molar-refractivity contribution >= 4 is 29.9 Å². The molecule has 26 heavy (non-hydrogen) atoms. The smallest absolute Gasteiger partial charge is 0.191 e. The summed E-state index contributed by atoms with van der Waals surface area (Å²) in [6.45, 7) is 6.54. The van der Waals surface area contributed by atoms with Gasteiger partial charge >= 0.3 is 0 Å². The number of nitrogens with zero attached hydrogens (tertiary/aromatic N) is 2. The van der Waals surface area contributed by atoms with Gasteiger partial charge in [0.05, 0.1) is 7.11 Å². The lowest BCUT2D eigenvalue weighted by atomic mass is 10.1. The molecule has 1 heterocycles. The number of aromatic nitrogens is 1. The molecule has 0 aliphatic rings. The lowest BCUT2D eigenvalue weighted by Crippen LogP contribution is -2.38. The summed E-state index contributed by atoms with van der Waals surface area (Å²) in [6, 6.07) is 10.3. The first-order chi connectivity index (χ1) is 12.2. The van der Waals surface area contributed by atoms with Gasteiger partial charge in [0.15, 0.2) is 5.96 Å². The highest BCUT2D eigenvalue weighted by Crippen LogP contribution is 2.20. The third-order valence-electron chi connectivity index (χ3n) is 3.86. The molecule has 0 unspecified atom stereocenters. The predicted molar refractivity (Wildman–Crippen MR) is 119 cm³/mol. The molecule has 5 nitrogen and oxygen atoms in total. The van der Waals surface area contributed by atoms with E-state index in [0.717, 1.165) is 37.6 Å². The Labute approximate surface area is 173 Å². The molecule has 0 fully saturated rings. The largest absolute Gasteiger partial charge is 0.496 e. The summed E-state index contributed by atoms with van der Waals surface area (Å²) in [4.78, 5) is 8.81. The van der Waals surface area contributed by atoms with Crippen LogP contribution in [0.15, 0.2) is 47.7 Å². The number of halogens is 1. The quantitative estimate of drug-likeness (QED) is 0.355. The first kappa shape index (κ1) is 22.2. The van der Waals surface area contributed by atoms with Crippen LogP contribution in [0.2, 0.25) is 0 Å². The van der Waals surface area contributed by atoms with E-state index in [0.29, 0.717) is 6.54 Å². The van der Waals surface area contributed by atoms with Crippen molar-refractivity contribution in [1.82, 2.24) is 15.6 Å². The van der Waals surface area contributed by atoms with Crippen LogP contribution >= 0.6 is 24.0 Å². The molecule has 0 aliphatic carbocycles. The SMILES string of the molecule is CCNC(=NCCc1cc(C)ccc1OC)NCCc1cccnc1.I. The van der Waals surface area contributed by atoms with Crippen LogP contribution in [-0.4, -0.2) is 37.7 Å². The van der Waals surface area contributed by atoms with Gasteiger partial charge in [-0.25, -0.2) is 0 Å². The fourth-order valence-electron chi connectivity index (χ4n) is 2.60. The van der Waals surface area contributed by atoms with Crippen molar-refractivity contribution in [3.05, 3.63) is 59.4 Å². The minimum atomic E-state index is 0. The first-order valence-electron chi connectivity index (χ1n) is 8.77. The minimum absolute atomic E-state index is 0. The molecular formula is C20H29IN4O. The minimum Gasteiger partial charge on any atom is -0.496 e. The maximum atomic E-state index is 5.43. The van der Waals surface area contributed by atoms with Gasteiger partial charge in [-0.2, -0.15) is 0 Å². The molecule has 0 spiro atoms. The highest BCUT2D eigenvalue weighted by molar-refractivity contribution is 14.0. The summed E-state index contributed by atoms with van der Waals surface area (Å²) >= 11 is 0. The van der Waals surface area contributed by atoms with Crippen molar-refractivity contribution in [2.75, 3.05) is 26.7 Å². The monoisotopic (exact) mass is 468 g/mol. The summed E-state index contributed by atoms with van der Waals surface area (Å²) in [5.41, 5.74) is 3.65. The number of benzene rings is 1. The molecule has 1 aromatic heterocycles. The van der Waals surface area contributed by atoms with Gasteiger partial charge in [-0.05, 0) is 49.9 Å². The Morgan fingerprint density at radius 2 is 2.04 bits per heavy atom. The predicted octanol–water partition coefficient (Wildman–Crippen LogP) is 3.36. The molecular weight excluding hydrogens is 439 g/mol. The number of rotatable bonds is 8. The number of guanidine groups is 1. The van der Waals surface area contributed by atoms with Gasteiger partial charge < -0.3 is 15.4 Å². The average molecular weight is 468 g/mol. The number of nitrogens with one attached hydrogen (secondary N) is 2.